The number of aromatic nitrogens is 1. The first-order chi connectivity index (χ1) is 19.7. The zero-order chi connectivity index (χ0) is 31.0. The lowest BCUT2D eigenvalue weighted by molar-refractivity contribution is -0.171. The molecule has 1 aromatic rings. The van der Waals surface area contributed by atoms with Gasteiger partial charge in [0.2, 0.25) is 21.6 Å². The maximum atomic E-state index is 13.6. The second kappa shape index (κ2) is 11.5. The normalized spacial score (nSPS) is 22.7. The van der Waals surface area contributed by atoms with Gasteiger partial charge in [0.1, 0.15) is 23.7 Å². The molecule has 1 unspecified atom stereocenters. The van der Waals surface area contributed by atoms with Crippen LogP contribution in [-0.4, -0.2) is 116 Å². The van der Waals surface area contributed by atoms with Gasteiger partial charge in [0, 0.05) is 36.2 Å². The van der Waals surface area contributed by atoms with E-state index in [9.17, 15) is 47.5 Å². The van der Waals surface area contributed by atoms with E-state index < -0.39 is 75.2 Å². The van der Waals surface area contributed by atoms with Gasteiger partial charge in [-0.25, -0.2) is 32.0 Å². The van der Waals surface area contributed by atoms with Gasteiger partial charge in [-0.15, -0.1) is 11.8 Å². The van der Waals surface area contributed by atoms with Crippen LogP contribution in [0.25, 0.3) is 0 Å². The van der Waals surface area contributed by atoms with E-state index in [-0.39, 0.29) is 30.0 Å². The van der Waals surface area contributed by atoms with Gasteiger partial charge in [0.15, 0.2) is 0 Å². The minimum atomic E-state index is -3.96. The van der Waals surface area contributed by atoms with Crippen molar-refractivity contribution in [3.8, 4) is 0 Å². The van der Waals surface area contributed by atoms with Crippen LogP contribution >= 0.6 is 11.8 Å². The van der Waals surface area contributed by atoms with Crippen molar-refractivity contribution in [2.24, 2.45) is 0 Å². The summed E-state index contributed by atoms with van der Waals surface area (Å²) in [6.07, 6.45) is 3.39. The number of sulfonamides is 1. The topological polar surface area (TPSA) is 245 Å². The molecule has 0 radical (unpaired) electrons. The Morgan fingerprint density at radius 3 is 2.52 bits per heavy atom. The fraction of sp³-hybridized carbons (Fsp3) is 0.409. The Morgan fingerprint density at radius 2 is 1.98 bits per heavy atom. The summed E-state index contributed by atoms with van der Waals surface area (Å²) in [6, 6.07) is -1.02. The van der Waals surface area contributed by atoms with E-state index in [0.717, 1.165) is 29.8 Å². The lowest BCUT2D eigenvalue weighted by Crippen LogP contribution is -2.85. The van der Waals surface area contributed by atoms with E-state index in [1.807, 2.05) is 0 Å². The average Bonchev–Trinajstić information content (AvgIpc) is 3.34. The number of rotatable bonds is 9. The fourth-order valence-electron chi connectivity index (χ4n) is 4.49. The predicted molar refractivity (Wildman–Crippen MR) is 139 cm³/mol. The third-order valence-corrected chi connectivity index (χ3v) is 9.00. The Labute approximate surface area is 242 Å². The van der Waals surface area contributed by atoms with Gasteiger partial charge in [-0.1, -0.05) is 6.07 Å². The monoisotopic (exact) mass is 627 g/mol. The van der Waals surface area contributed by atoms with E-state index in [1.54, 1.807) is 5.48 Å². The molecule has 42 heavy (non-hydrogen) atoms. The summed E-state index contributed by atoms with van der Waals surface area (Å²) in [5.41, 5.74) is -0.758. The van der Waals surface area contributed by atoms with E-state index in [1.165, 1.54) is 24.5 Å². The highest BCUT2D eigenvalue weighted by molar-refractivity contribution is 8.00. The second-order valence-corrected chi connectivity index (χ2v) is 12.2. The number of pyridine rings is 1. The van der Waals surface area contributed by atoms with Crippen molar-refractivity contribution in [1.29, 1.82) is 0 Å². The molecule has 0 saturated carbocycles. The van der Waals surface area contributed by atoms with Crippen LogP contribution in [0.3, 0.4) is 0 Å². The summed E-state index contributed by atoms with van der Waals surface area (Å²) >= 11 is 0.956. The Bertz CT molecular complexity index is 1490. The zero-order valence-electron chi connectivity index (χ0n) is 22.0. The zero-order valence-corrected chi connectivity index (χ0v) is 23.6. The molecule has 6 amide bonds. The first-order valence-electron chi connectivity index (χ1n) is 12.0. The molecule has 3 atom stereocenters. The number of aliphatic carboxylic acids is 1. The number of carbonyl (C=O) groups excluding carboxylic acids is 5. The number of nitrogens with one attached hydrogen (secondary N) is 3. The number of β-lactam (4-membered cyclic amide) rings is 1. The van der Waals surface area contributed by atoms with Crippen molar-refractivity contribution in [3.05, 3.63) is 41.4 Å². The van der Waals surface area contributed by atoms with Crippen molar-refractivity contribution in [1.82, 2.24) is 35.2 Å². The number of carboxylic acids is 1. The number of thioether (sulfide) groups is 1. The smallest absolute Gasteiger partial charge is 0.352 e. The number of hydrogen-bond acceptors (Lipinski definition) is 13. The quantitative estimate of drug-likeness (QED) is 0.0872. The Balaban J connectivity index is 1.59. The minimum absolute atomic E-state index is 0.0423. The third-order valence-electron chi connectivity index (χ3n) is 6.47. The lowest BCUT2D eigenvalue weighted by Gasteiger charge is -2.56. The summed E-state index contributed by atoms with van der Waals surface area (Å²) in [5.74, 6) is -4.35. The van der Waals surface area contributed by atoms with Crippen molar-refractivity contribution in [2.75, 3.05) is 31.7 Å². The molecule has 20 heteroatoms. The Kier molecular flexibility index (Phi) is 8.43. The van der Waals surface area contributed by atoms with Crippen LogP contribution in [0.4, 0.5) is 9.59 Å². The number of ether oxygens (including phenoxy) is 1. The fourth-order valence-corrected chi connectivity index (χ4v) is 6.68. The van der Waals surface area contributed by atoms with Crippen LogP contribution in [0, 0.1) is 0 Å². The number of imide groups is 1. The number of carbonyl (C=O) groups is 6. The highest BCUT2D eigenvalue weighted by Crippen LogP contribution is 2.45. The number of hydrogen-bond donors (Lipinski definition) is 5. The second-order valence-electron chi connectivity index (χ2n) is 9.22. The maximum absolute atomic E-state index is 13.6. The molecule has 18 nitrogen and oxygen atoms in total. The molecule has 0 aliphatic carbocycles. The van der Waals surface area contributed by atoms with Crippen molar-refractivity contribution in [3.63, 3.8) is 0 Å². The molecular weight excluding hydrogens is 602 g/mol. The lowest BCUT2D eigenvalue weighted by atomic mass is 9.95. The van der Waals surface area contributed by atoms with Gasteiger partial charge in [-0.3, -0.25) is 24.3 Å². The number of urea groups is 2. The van der Waals surface area contributed by atoms with Crippen LogP contribution < -0.4 is 16.1 Å². The number of nitrogens with zero attached hydrogens (tertiary/aromatic N) is 4. The molecule has 0 aromatic carbocycles. The molecule has 2 fully saturated rings. The number of hydroxylamine groups is 1. The highest BCUT2D eigenvalue weighted by Gasteiger charge is 2.66. The van der Waals surface area contributed by atoms with E-state index in [2.05, 4.69) is 15.6 Å². The summed E-state index contributed by atoms with van der Waals surface area (Å²) in [7, 11) is -3.96. The molecule has 226 valence electrons. The summed E-state index contributed by atoms with van der Waals surface area (Å²) < 4.78 is 29.0. The minimum Gasteiger partial charge on any atom is -0.477 e. The number of amides is 6. The molecule has 4 heterocycles. The van der Waals surface area contributed by atoms with E-state index in [4.69, 9.17) is 4.74 Å². The van der Waals surface area contributed by atoms with Gasteiger partial charge >= 0.3 is 24.0 Å². The number of fused-ring (bicyclic) bond motifs is 1. The molecular formula is C22H25N7O11S2. The standard InChI is InChI=1S/C22H25N7O11S2/c1-11(30)40-9-13-10-41-19-22(26-37,18(34)29(19)15(13)17(32)33)25-16(31)14(12-4-3-5-23-8-12)24-20(35)27-6-7-28(21(27)36)42(2,38)39/h3-5,8,14,19,26,37H,6-7,9-10H2,1-2H3,(H,24,35)(H,25,31)(H,32,33)/t14?,19-,22-/m0/s1. The van der Waals surface area contributed by atoms with Gasteiger partial charge in [0.05, 0.1) is 19.3 Å². The summed E-state index contributed by atoms with van der Waals surface area (Å²) in [5, 5.41) is 23.3. The first-order valence-corrected chi connectivity index (χ1v) is 14.9. The van der Waals surface area contributed by atoms with Crippen molar-refractivity contribution in [2.45, 2.75) is 24.0 Å². The molecule has 2 saturated heterocycles. The van der Waals surface area contributed by atoms with Crippen LogP contribution in [0.2, 0.25) is 0 Å². The van der Waals surface area contributed by atoms with Crippen molar-refractivity contribution >= 4 is 57.6 Å². The van der Waals surface area contributed by atoms with E-state index in [0.29, 0.717) is 9.21 Å². The average molecular weight is 628 g/mol. The van der Waals surface area contributed by atoms with Gasteiger partial charge in [-0.05, 0) is 6.07 Å². The Hall–Kier alpha value is -4.27. The predicted octanol–water partition coefficient (Wildman–Crippen LogP) is -1.86. The molecule has 4 rings (SSSR count). The molecule has 0 spiro atoms. The largest absolute Gasteiger partial charge is 0.477 e. The van der Waals surface area contributed by atoms with Gasteiger partial charge in [0.25, 0.3) is 5.91 Å². The molecule has 0 bridgehead atoms. The molecule has 1 aromatic heterocycles. The summed E-state index contributed by atoms with van der Waals surface area (Å²) in [6.45, 7) is 0.138. The number of esters is 1. The maximum Gasteiger partial charge on any atom is 0.352 e. The molecule has 3 aliphatic heterocycles. The van der Waals surface area contributed by atoms with Gasteiger partial charge in [-0.2, -0.15) is 5.48 Å². The van der Waals surface area contributed by atoms with Crippen molar-refractivity contribution < 1.29 is 52.2 Å². The first kappa shape index (κ1) is 30.7. The van der Waals surface area contributed by atoms with Crippen LogP contribution in [-0.2, 0) is 33.9 Å². The Morgan fingerprint density at radius 1 is 1.26 bits per heavy atom. The van der Waals surface area contributed by atoms with Gasteiger partial charge < -0.3 is 25.7 Å². The molecule has 5 N–H and O–H groups in total. The molecule has 3 aliphatic rings. The van der Waals surface area contributed by atoms with E-state index >= 15 is 0 Å². The number of carboxylic acid groups (broad SMARTS) is 1. The van der Waals surface area contributed by atoms with Crippen LogP contribution in [0.1, 0.15) is 18.5 Å². The summed E-state index contributed by atoms with van der Waals surface area (Å²) in [4.78, 5) is 81.0. The third kappa shape index (κ3) is 5.47. The van der Waals surface area contributed by atoms with Crippen LogP contribution in [0.15, 0.2) is 35.8 Å². The highest BCUT2D eigenvalue weighted by atomic mass is 32.2. The van der Waals surface area contributed by atoms with Crippen LogP contribution in [0.5, 0.6) is 0 Å². The SMILES string of the molecule is CC(=O)OCC1=C(C(=O)O)N2C(=O)[C@@](NO)(NC(=O)C(NC(=O)N3CCN(S(C)(=O)=O)C3=O)c3cccnc3)[C@@H]2SC1.